The first kappa shape index (κ1) is 24.0. The highest BCUT2D eigenvalue weighted by molar-refractivity contribution is 7.21. The van der Waals surface area contributed by atoms with Crippen LogP contribution in [0.2, 0.25) is 0 Å². The largest absolute Gasteiger partial charge is 0.347 e. The highest BCUT2D eigenvalue weighted by Crippen LogP contribution is 2.45. The maximum atomic E-state index is 13.4. The summed E-state index contributed by atoms with van der Waals surface area (Å²) in [5.74, 6) is 0.0906. The first-order valence-electron chi connectivity index (χ1n) is 12.2. The molecule has 0 bridgehead atoms. The first-order chi connectivity index (χ1) is 17.4. The van der Waals surface area contributed by atoms with Gasteiger partial charge in [-0.1, -0.05) is 32.6 Å². The number of carbonyl (C=O) groups is 3. The maximum absolute atomic E-state index is 13.4. The number of aromatic nitrogens is 1. The summed E-state index contributed by atoms with van der Waals surface area (Å²) >= 11 is 1.26. The highest BCUT2D eigenvalue weighted by Gasteiger charge is 2.33. The fourth-order valence-corrected chi connectivity index (χ4v) is 5.99. The molecule has 0 radical (unpaired) electrons. The number of carbonyl (C=O) groups excluding carboxylic acids is 3. The summed E-state index contributed by atoms with van der Waals surface area (Å²) in [6.45, 7) is 8.98. The molecule has 9 heteroatoms. The summed E-state index contributed by atoms with van der Waals surface area (Å²) in [4.78, 5) is 47.6. The lowest BCUT2D eigenvalue weighted by molar-refractivity contribution is -0.127. The van der Waals surface area contributed by atoms with Gasteiger partial charge in [-0.2, -0.15) is 0 Å². The van der Waals surface area contributed by atoms with Gasteiger partial charge < -0.3 is 15.5 Å². The second-order valence-corrected chi connectivity index (χ2v) is 10.6. The minimum Gasteiger partial charge on any atom is -0.347 e. The second-order valence-electron chi connectivity index (χ2n) is 9.65. The van der Waals surface area contributed by atoms with Crippen LogP contribution in [0.3, 0.4) is 0 Å². The van der Waals surface area contributed by atoms with Crippen LogP contribution in [-0.2, 0) is 11.2 Å². The molecule has 1 fully saturated rings. The second kappa shape index (κ2) is 9.73. The Balaban J connectivity index is 1.46. The van der Waals surface area contributed by atoms with Gasteiger partial charge in [0.1, 0.15) is 9.71 Å². The molecule has 2 N–H and O–H groups in total. The average molecular weight is 504 g/mol. The predicted molar refractivity (Wildman–Crippen MR) is 143 cm³/mol. The zero-order valence-electron chi connectivity index (χ0n) is 20.4. The van der Waals surface area contributed by atoms with Crippen LogP contribution in [0.25, 0.3) is 10.2 Å². The molecule has 1 aromatic carbocycles. The SMILES string of the molecule is C=CC(=O)N1CCCC(NC(=O)c2sc3nccc4c3c2NC(=O)N4c2cccc(CC(C)C)c2)C1. The van der Waals surface area contributed by atoms with E-state index in [9.17, 15) is 14.4 Å². The Morgan fingerprint density at radius 2 is 2.17 bits per heavy atom. The van der Waals surface area contributed by atoms with Crippen molar-refractivity contribution in [1.82, 2.24) is 15.2 Å². The van der Waals surface area contributed by atoms with E-state index in [2.05, 4.69) is 42.1 Å². The Morgan fingerprint density at radius 3 is 2.94 bits per heavy atom. The number of likely N-dealkylation sites (tertiary alicyclic amines) is 1. The number of anilines is 3. The predicted octanol–water partition coefficient (Wildman–Crippen LogP) is 5.09. The van der Waals surface area contributed by atoms with Gasteiger partial charge in [0.05, 0.1) is 22.4 Å². The van der Waals surface area contributed by atoms with Gasteiger partial charge in [-0.3, -0.25) is 14.5 Å². The van der Waals surface area contributed by atoms with E-state index in [1.807, 2.05) is 24.3 Å². The smallest absolute Gasteiger partial charge is 0.331 e. The Kier molecular flexibility index (Phi) is 6.49. The van der Waals surface area contributed by atoms with Gasteiger partial charge >= 0.3 is 6.03 Å². The van der Waals surface area contributed by atoms with Gasteiger partial charge in [0.2, 0.25) is 5.91 Å². The van der Waals surface area contributed by atoms with Gasteiger partial charge in [-0.05, 0) is 55.0 Å². The summed E-state index contributed by atoms with van der Waals surface area (Å²) < 4.78 is 0. The molecule has 186 valence electrons. The van der Waals surface area contributed by atoms with E-state index in [4.69, 9.17) is 0 Å². The van der Waals surface area contributed by atoms with Crippen molar-refractivity contribution in [2.75, 3.05) is 23.3 Å². The molecule has 1 saturated heterocycles. The number of benzene rings is 1. The summed E-state index contributed by atoms with van der Waals surface area (Å²) in [6, 6.07) is 9.32. The molecular weight excluding hydrogens is 474 g/mol. The van der Waals surface area contributed by atoms with Crippen LogP contribution < -0.4 is 15.5 Å². The minimum absolute atomic E-state index is 0.135. The van der Waals surface area contributed by atoms with Crippen molar-refractivity contribution in [3.05, 3.63) is 59.6 Å². The maximum Gasteiger partial charge on any atom is 0.331 e. The van der Waals surface area contributed by atoms with E-state index < -0.39 is 0 Å². The molecule has 2 aliphatic heterocycles. The molecule has 1 atom stereocenters. The number of pyridine rings is 1. The van der Waals surface area contributed by atoms with Crippen molar-refractivity contribution in [3.8, 4) is 0 Å². The van der Waals surface area contributed by atoms with Gasteiger partial charge in [0.25, 0.3) is 5.91 Å². The van der Waals surface area contributed by atoms with Crippen LogP contribution in [-0.4, -0.2) is 46.9 Å². The Morgan fingerprint density at radius 1 is 1.33 bits per heavy atom. The van der Waals surface area contributed by atoms with E-state index in [1.54, 1.807) is 16.0 Å². The molecule has 4 heterocycles. The van der Waals surface area contributed by atoms with Crippen LogP contribution in [0.4, 0.5) is 21.9 Å². The third-order valence-corrected chi connectivity index (χ3v) is 7.60. The van der Waals surface area contributed by atoms with Crippen LogP contribution in [0.1, 0.15) is 41.9 Å². The topological polar surface area (TPSA) is 94.6 Å². The van der Waals surface area contributed by atoms with E-state index in [0.717, 1.165) is 35.9 Å². The molecule has 0 aliphatic carbocycles. The summed E-state index contributed by atoms with van der Waals surface area (Å²) in [7, 11) is 0. The number of hydrogen-bond donors (Lipinski definition) is 2. The van der Waals surface area contributed by atoms with E-state index in [0.29, 0.717) is 40.1 Å². The molecular formula is C27H29N5O3S. The highest BCUT2D eigenvalue weighted by atomic mass is 32.1. The standard InChI is InChI=1S/C27H29N5O3S/c1-4-21(33)31-12-6-8-18(15-31)29-25(34)24-23-22-20(10-11-28-26(22)36-24)32(27(35)30-23)19-9-5-7-17(14-19)13-16(2)3/h4-5,7,9-11,14,16,18H,1,6,8,12-13,15H2,2-3H3,(H,29,34)(H,30,35). The fourth-order valence-electron chi connectivity index (χ4n) is 4.97. The molecule has 2 aromatic heterocycles. The van der Waals surface area contributed by atoms with Crippen molar-refractivity contribution in [1.29, 1.82) is 0 Å². The Labute approximate surface area is 214 Å². The third-order valence-electron chi connectivity index (χ3n) is 6.51. The number of nitrogens with zero attached hydrogens (tertiary/aromatic N) is 3. The van der Waals surface area contributed by atoms with Crippen molar-refractivity contribution in [2.24, 2.45) is 5.92 Å². The first-order valence-corrected chi connectivity index (χ1v) is 13.0. The number of hydrogen-bond acceptors (Lipinski definition) is 5. The number of urea groups is 1. The molecule has 0 saturated carbocycles. The zero-order chi connectivity index (χ0) is 25.4. The Hall–Kier alpha value is -3.72. The zero-order valence-corrected chi connectivity index (χ0v) is 21.2. The summed E-state index contributed by atoms with van der Waals surface area (Å²) in [5.41, 5.74) is 3.13. The third kappa shape index (κ3) is 4.46. The number of thiophene rings is 1. The van der Waals surface area contributed by atoms with Gasteiger partial charge in [0, 0.05) is 25.3 Å². The molecule has 36 heavy (non-hydrogen) atoms. The molecule has 2 aliphatic rings. The summed E-state index contributed by atoms with van der Waals surface area (Å²) in [5, 5.41) is 6.77. The molecule has 1 unspecified atom stereocenters. The van der Waals surface area contributed by atoms with Crippen LogP contribution in [0.15, 0.2) is 49.2 Å². The van der Waals surface area contributed by atoms with Gasteiger partial charge in [-0.15, -0.1) is 11.3 Å². The number of rotatable bonds is 6. The average Bonchev–Trinajstić information content (AvgIpc) is 3.23. The van der Waals surface area contributed by atoms with Gasteiger partial charge in [-0.25, -0.2) is 9.78 Å². The quantitative estimate of drug-likeness (QED) is 0.459. The summed E-state index contributed by atoms with van der Waals surface area (Å²) in [6.07, 6.45) is 5.47. The Bertz CT molecular complexity index is 1360. The molecule has 4 amide bonds. The number of amides is 4. The normalized spacial score (nSPS) is 17.3. The molecule has 8 nitrogen and oxygen atoms in total. The lowest BCUT2D eigenvalue weighted by atomic mass is 10.0. The van der Waals surface area contributed by atoms with Crippen molar-refractivity contribution >= 4 is 56.5 Å². The number of piperidine rings is 1. The van der Waals surface area contributed by atoms with Gasteiger partial charge in [0.15, 0.2) is 0 Å². The van der Waals surface area contributed by atoms with E-state index in [-0.39, 0.29) is 23.9 Å². The van der Waals surface area contributed by atoms with E-state index in [1.165, 1.54) is 17.4 Å². The monoisotopic (exact) mass is 503 g/mol. The number of nitrogens with one attached hydrogen (secondary N) is 2. The molecule has 5 rings (SSSR count). The minimum atomic E-state index is -0.315. The van der Waals surface area contributed by atoms with Crippen molar-refractivity contribution < 1.29 is 14.4 Å². The van der Waals surface area contributed by atoms with Crippen molar-refractivity contribution in [2.45, 2.75) is 39.2 Å². The van der Waals surface area contributed by atoms with Crippen molar-refractivity contribution in [3.63, 3.8) is 0 Å². The molecule has 3 aromatic rings. The lowest BCUT2D eigenvalue weighted by Gasteiger charge is -2.32. The van der Waals surface area contributed by atoms with Crippen LogP contribution >= 0.6 is 11.3 Å². The fraction of sp³-hybridized carbons (Fsp3) is 0.333. The van der Waals surface area contributed by atoms with E-state index >= 15 is 0 Å². The lowest BCUT2D eigenvalue weighted by Crippen LogP contribution is -2.49. The van der Waals surface area contributed by atoms with Crippen LogP contribution in [0.5, 0.6) is 0 Å². The van der Waals surface area contributed by atoms with Crippen LogP contribution in [0, 0.1) is 5.92 Å². The molecule has 0 spiro atoms.